The molecule has 0 aromatic heterocycles. The summed E-state index contributed by atoms with van der Waals surface area (Å²) in [5.74, 6) is 2.17. The topological polar surface area (TPSA) is 54.4 Å². The Morgan fingerprint density at radius 2 is 1.54 bits per heavy atom. The van der Waals surface area contributed by atoms with Gasteiger partial charge in [-0.3, -0.25) is 9.69 Å². The first-order valence-corrected chi connectivity index (χ1v) is 14.3. The van der Waals surface area contributed by atoms with E-state index in [4.69, 9.17) is 14.5 Å². The molecule has 3 aliphatic heterocycles. The molecule has 0 bridgehead atoms. The number of hydrogen-bond donors (Lipinski definition) is 0. The summed E-state index contributed by atoms with van der Waals surface area (Å²) in [6.45, 7) is 7.98. The van der Waals surface area contributed by atoms with Gasteiger partial charge in [-0.2, -0.15) is 0 Å². The van der Waals surface area contributed by atoms with E-state index in [9.17, 15) is 13.6 Å². The molecule has 3 aromatic carbocycles. The summed E-state index contributed by atoms with van der Waals surface area (Å²) in [4.78, 5) is 23.3. The third-order valence-corrected chi connectivity index (χ3v) is 8.54. The maximum Gasteiger partial charge on any atom is 0.265 e. The molecule has 3 heterocycles. The Kier molecular flexibility index (Phi) is 7.51. The number of carbonyl (C=O) groups is 1. The Morgan fingerprint density at radius 3 is 2.17 bits per heavy atom. The quantitative estimate of drug-likeness (QED) is 0.351. The van der Waals surface area contributed by atoms with Gasteiger partial charge in [-0.25, -0.2) is 13.8 Å². The van der Waals surface area contributed by atoms with Crippen molar-refractivity contribution in [3.63, 3.8) is 0 Å². The second kappa shape index (κ2) is 11.2. The number of aliphatic imine (C=N–C) groups is 1. The number of ether oxygens (including phenoxy) is 2. The first-order valence-electron chi connectivity index (χ1n) is 14.3. The molecule has 1 fully saturated rings. The average Bonchev–Trinajstić information content (AvgIpc) is 3.53. The molecule has 6 nitrogen and oxygen atoms in total. The fourth-order valence-corrected chi connectivity index (χ4v) is 6.42. The first kappa shape index (κ1) is 27.4. The molecule has 0 aliphatic carbocycles. The van der Waals surface area contributed by atoms with E-state index in [-0.39, 0.29) is 24.3 Å². The second-order valence-corrected chi connectivity index (χ2v) is 11.5. The summed E-state index contributed by atoms with van der Waals surface area (Å²) < 4.78 is 38.5. The van der Waals surface area contributed by atoms with E-state index in [2.05, 4.69) is 24.0 Å². The zero-order chi connectivity index (χ0) is 28.6. The predicted octanol–water partition coefficient (Wildman–Crippen LogP) is 5.79. The molecule has 3 aromatic rings. The van der Waals surface area contributed by atoms with Crippen LogP contribution in [-0.2, 0) is 16.8 Å². The summed E-state index contributed by atoms with van der Waals surface area (Å²) in [5, 5.41) is 0. The highest BCUT2D eigenvalue weighted by Gasteiger charge is 2.50. The molecule has 0 saturated carbocycles. The maximum absolute atomic E-state index is 14.1. The van der Waals surface area contributed by atoms with E-state index in [0.29, 0.717) is 35.3 Å². The number of fused-ring (bicyclic) bond motifs is 1. The van der Waals surface area contributed by atoms with Gasteiger partial charge in [0.05, 0.1) is 0 Å². The lowest BCUT2D eigenvalue weighted by molar-refractivity contribution is -0.130. The molecule has 0 N–H and O–H groups in total. The van der Waals surface area contributed by atoms with Crippen LogP contribution in [-0.4, -0.2) is 54.5 Å². The Morgan fingerprint density at radius 1 is 0.927 bits per heavy atom. The average molecular weight is 560 g/mol. The number of amides is 1. The second-order valence-electron chi connectivity index (χ2n) is 11.5. The number of amidine groups is 1. The van der Waals surface area contributed by atoms with Gasteiger partial charge in [-0.15, -0.1) is 0 Å². The molecule has 6 rings (SSSR count). The van der Waals surface area contributed by atoms with Gasteiger partial charge in [-0.05, 0) is 104 Å². The summed E-state index contributed by atoms with van der Waals surface area (Å²) in [6.07, 6.45) is 2.96. The van der Waals surface area contributed by atoms with E-state index < -0.39 is 5.54 Å². The van der Waals surface area contributed by atoms with Crippen molar-refractivity contribution in [1.29, 1.82) is 0 Å². The van der Waals surface area contributed by atoms with Gasteiger partial charge in [0.25, 0.3) is 5.91 Å². The van der Waals surface area contributed by atoms with Crippen LogP contribution in [0.1, 0.15) is 43.4 Å². The predicted molar refractivity (Wildman–Crippen MR) is 153 cm³/mol. The number of likely N-dealkylation sites (tertiary alicyclic amines) is 1. The Hall–Kier alpha value is -3.78. The first-order chi connectivity index (χ1) is 19.8. The van der Waals surface area contributed by atoms with Crippen LogP contribution in [0.15, 0.2) is 71.7 Å². The highest BCUT2D eigenvalue weighted by Crippen LogP contribution is 2.41. The lowest BCUT2D eigenvalue weighted by Crippen LogP contribution is -2.45. The molecule has 3 aliphatic rings. The van der Waals surface area contributed by atoms with Crippen molar-refractivity contribution in [1.82, 2.24) is 9.80 Å². The Bertz CT molecular complexity index is 1390. The number of carbonyl (C=O) groups excluding carboxylic acids is 1. The lowest BCUT2D eigenvalue weighted by atomic mass is 9.82. The van der Waals surface area contributed by atoms with Crippen molar-refractivity contribution in [3.8, 4) is 11.5 Å². The largest absolute Gasteiger partial charge is 0.454 e. The van der Waals surface area contributed by atoms with Crippen LogP contribution < -0.4 is 9.47 Å². The molecular formula is C33H35F2N3O3. The van der Waals surface area contributed by atoms with E-state index >= 15 is 0 Å². The van der Waals surface area contributed by atoms with Crippen molar-refractivity contribution in [2.45, 2.75) is 38.6 Å². The molecule has 0 radical (unpaired) electrons. The van der Waals surface area contributed by atoms with E-state index in [0.717, 1.165) is 50.4 Å². The fourth-order valence-electron chi connectivity index (χ4n) is 6.42. The molecule has 8 heteroatoms. The molecule has 1 saturated heterocycles. The fraction of sp³-hybridized carbons (Fsp3) is 0.394. The van der Waals surface area contributed by atoms with Crippen LogP contribution in [0.3, 0.4) is 0 Å². The third kappa shape index (κ3) is 5.45. The lowest BCUT2D eigenvalue weighted by Gasteiger charge is -2.35. The van der Waals surface area contributed by atoms with E-state index in [1.54, 1.807) is 29.2 Å². The zero-order valence-electron chi connectivity index (χ0n) is 23.5. The van der Waals surface area contributed by atoms with Crippen LogP contribution in [0.2, 0.25) is 0 Å². The van der Waals surface area contributed by atoms with E-state index in [1.165, 1.54) is 29.8 Å². The minimum Gasteiger partial charge on any atom is -0.454 e. The Balaban J connectivity index is 1.09. The van der Waals surface area contributed by atoms with Gasteiger partial charge < -0.3 is 14.4 Å². The van der Waals surface area contributed by atoms with Crippen molar-refractivity contribution < 1.29 is 23.0 Å². The van der Waals surface area contributed by atoms with Crippen LogP contribution >= 0.6 is 0 Å². The maximum atomic E-state index is 14.1. The van der Waals surface area contributed by atoms with Gasteiger partial charge >= 0.3 is 0 Å². The number of rotatable bonds is 8. The normalized spacial score (nSPS) is 19.5. The zero-order valence-corrected chi connectivity index (χ0v) is 23.5. The highest BCUT2D eigenvalue weighted by molar-refractivity contribution is 6.09. The van der Waals surface area contributed by atoms with E-state index in [1.807, 2.05) is 13.0 Å². The molecular weight excluding hydrogens is 524 g/mol. The molecule has 1 unspecified atom stereocenters. The third-order valence-electron chi connectivity index (χ3n) is 8.54. The standard InChI is InChI=1S/C33H35F2N3O3/c1-22(17-25-3-12-30-31(18-25)41-21-40-30)19-37-15-13-24(14-16-37)20-38-23(2)36-33(32(38)39,26-4-8-28(34)9-5-26)27-6-10-29(35)11-7-27/h3-12,18,22,24H,13-17,19-21H2,1-2H3. The summed E-state index contributed by atoms with van der Waals surface area (Å²) >= 11 is 0. The summed E-state index contributed by atoms with van der Waals surface area (Å²) in [5.41, 5.74) is 1.05. The van der Waals surface area contributed by atoms with Crippen LogP contribution in [0.4, 0.5) is 8.78 Å². The van der Waals surface area contributed by atoms with Gasteiger partial charge in [0, 0.05) is 13.1 Å². The van der Waals surface area contributed by atoms with Crippen LogP contribution in [0, 0.1) is 23.5 Å². The van der Waals surface area contributed by atoms with Crippen LogP contribution in [0.25, 0.3) is 0 Å². The monoisotopic (exact) mass is 559 g/mol. The molecule has 1 amide bonds. The van der Waals surface area contributed by atoms with Crippen molar-refractivity contribution in [2.75, 3.05) is 33.0 Å². The molecule has 0 spiro atoms. The Labute approximate surface area is 239 Å². The van der Waals surface area contributed by atoms with Gasteiger partial charge in [-0.1, -0.05) is 37.3 Å². The number of hydrogen-bond acceptors (Lipinski definition) is 5. The minimum atomic E-state index is -1.35. The molecule has 214 valence electrons. The van der Waals surface area contributed by atoms with Crippen molar-refractivity contribution in [2.24, 2.45) is 16.8 Å². The molecule has 1 atom stereocenters. The van der Waals surface area contributed by atoms with Gasteiger partial charge in [0.1, 0.15) is 17.5 Å². The summed E-state index contributed by atoms with van der Waals surface area (Å²) in [7, 11) is 0. The smallest absolute Gasteiger partial charge is 0.265 e. The van der Waals surface area contributed by atoms with Crippen molar-refractivity contribution >= 4 is 11.7 Å². The minimum absolute atomic E-state index is 0.173. The van der Waals surface area contributed by atoms with Gasteiger partial charge in [0.2, 0.25) is 6.79 Å². The summed E-state index contributed by atoms with van der Waals surface area (Å²) in [6, 6.07) is 17.9. The highest BCUT2D eigenvalue weighted by atomic mass is 19.1. The number of benzene rings is 3. The van der Waals surface area contributed by atoms with Crippen molar-refractivity contribution in [3.05, 3.63) is 95.1 Å². The number of piperidine rings is 1. The van der Waals surface area contributed by atoms with Crippen LogP contribution in [0.5, 0.6) is 11.5 Å². The number of halogens is 2. The molecule has 41 heavy (non-hydrogen) atoms. The SMILES string of the molecule is CC1=NC(c2ccc(F)cc2)(c2ccc(F)cc2)C(=O)N1CC1CCN(CC(C)Cc2ccc3c(c2)OCO3)CC1. The number of nitrogens with zero attached hydrogens (tertiary/aromatic N) is 3. The van der Waals surface area contributed by atoms with Gasteiger partial charge in [0.15, 0.2) is 17.0 Å².